The van der Waals surface area contributed by atoms with Gasteiger partial charge in [0.25, 0.3) is 0 Å². The number of hydrogen-bond donors (Lipinski definition) is 3. The summed E-state index contributed by atoms with van der Waals surface area (Å²) in [4.78, 5) is 31.5. The number of benzene rings is 3. The zero-order valence-corrected chi connectivity index (χ0v) is 20.4. The van der Waals surface area contributed by atoms with E-state index in [1.165, 1.54) is 23.1 Å². The van der Waals surface area contributed by atoms with E-state index >= 15 is 0 Å². The fourth-order valence-corrected chi connectivity index (χ4v) is 4.92. The molecule has 4 rings (SSSR count). The van der Waals surface area contributed by atoms with E-state index in [2.05, 4.69) is 20.9 Å². The molecule has 0 aliphatic carbocycles. The number of anilines is 3. The van der Waals surface area contributed by atoms with Crippen molar-refractivity contribution in [3.05, 3.63) is 89.8 Å². The van der Waals surface area contributed by atoms with Crippen LogP contribution in [0.15, 0.2) is 89.8 Å². The minimum Gasteiger partial charge on any atom is -0.308 e. The van der Waals surface area contributed by atoms with Crippen LogP contribution in [0.1, 0.15) is 11.8 Å². The second-order valence-corrected chi connectivity index (χ2v) is 10.1. The van der Waals surface area contributed by atoms with Crippen LogP contribution in [-0.4, -0.2) is 22.2 Å². The standard InChI is InChI=1S/C26H24N4O2S2/c1-17-23(19-9-5-3-6-10-19)29-26(34-17)30-24(31)18(2)33-22-15-13-21(14-16-22)28-25(32)27-20-11-7-4-8-12-20/h3-16,18H,1-2H3,(H2,27,28,32)(H,29,30,31). The van der Waals surface area contributed by atoms with Gasteiger partial charge in [-0.15, -0.1) is 23.1 Å². The summed E-state index contributed by atoms with van der Waals surface area (Å²) in [5.41, 5.74) is 3.31. The Labute approximate surface area is 206 Å². The van der Waals surface area contributed by atoms with Crippen LogP contribution < -0.4 is 16.0 Å². The lowest BCUT2D eigenvalue weighted by Crippen LogP contribution is -2.22. The minimum absolute atomic E-state index is 0.109. The monoisotopic (exact) mass is 488 g/mol. The van der Waals surface area contributed by atoms with Gasteiger partial charge < -0.3 is 16.0 Å². The first-order valence-corrected chi connectivity index (χ1v) is 12.4. The molecule has 1 heterocycles. The fourth-order valence-electron chi connectivity index (χ4n) is 3.21. The number of nitrogens with one attached hydrogen (secondary N) is 3. The highest BCUT2D eigenvalue weighted by Gasteiger charge is 2.18. The van der Waals surface area contributed by atoms with Gasteiger partial charge in [0, 0.05) is 26.7 Å². The van der Waals surface area contributed by atoms with Gasteiger partial charge in [0.05, 0.1) is 10.9 Å². The van der Waals surface area contributed by atoms with Gasteiger partial charge in [-0.2, -0.15) is 0 Å². The van der Waals surface area contributed by atoms with Crippen LogP contribution in [0.5, 0.6) is 0 Å². The van der Waals surface area contributed by atoms with Crippen LogP contribution in [0.3, 0.4) is 0 Å². The summed E-state index contributed by atoms with van der Waals surface area (Å²) in [7, 11) is 0. The zero-order chi connectivity index (χ0) is 23.9. The van der Waals surface area contributed by atoms with Gasteiger partial charge in [-0.3, -0.25) is 4.79 Å². The third kappa shape index (κ3) is 6.24. The molecule has 1 atom stereocenters. The highest BCUT2D eigenvalue weighted by molar-refractivity contribution is 8.00. The lowest BCUT2D eigenvalue weighted by Gasteiger charge is -2.11. The van der Waals surface area contributed by atoms with Crippen molar-refractivity contribution in [2.45, 2.75) is 24.0 Å². The van der Waals surface area contributed by atoms with Crippen molar-refractivity contribution in [2.75, 3.05) is 16.0 Å². The van der Waals surface area contributed by atoms with Crippen LogP contribution >= 0.6 is 23.1 Å². The Bertz CT molecular complexity index is 1260. The Morgan fingerprint density at radius 2 is 1.41 bits per heavy atom. The predicted molar refractivity (Wildman–Crippen MR) is 142 cm³/mol. The fraction of sp³-hybridized carbons (Fsp3) is 0.115. The van der Waals surface area contributed by atoms with E-state index in [1.807, 2.05) is 98.8 Å². The van der Waals surface area contributed by atoms with Gasteiger partial charge >= 0.3 is 6.03 Å². The van der Waals surface area contributed by atoms with Crippen LogP contribution in [0.25, 0.3) is 11.3 Å². The van der Waals surface area contributed by atoms with Crippen LogP contribution in [0.2, 0.25) is 0 Å². The zero-order valence-electron chi connectivity index (χ0n) is 18.7. The smallest absolute Gasteiger partial charge is 0.308 e. The Morgan fingerprint density at radius 3 is 2.06 bits per heavy atom. The van der Waals surface area contributed by atoms with Crippen LogP contribution in [0.4, 0.5) is 21.3 Å². The predicted octanol–water partition coefficient (Wildman–Crippen LogP) is 6.88. The second-order valence-electron chi connectivity index (χ2n) is 7.51. The number of hydrogen-bond acceptors (Lipinski definition) is 5. The number of aromatic nitrogens is 1. The lowest BCUT2D eigenvalue weighted by molar-refractivity contribution is -0.115. The summed E-state index contributed by atoms with van der Waals surface area (Å²) >= 11 is 2.92. The van der Waals surface area contributed by atoms with E-state index in [9.17, 15) is 9.59 Å². The molecule has 0 radical (unpaired) electrons. The molecule has 6 nitrogen and oxygen atoms in total. The summed E-state index contributed by atoms with van der Waals surface area (Å²) in [6, 6.07) is 26.3. The second kappa shape index (κ2) is 11.0. The molecule has 8 heteroatoms. The van der Waals surface area contributed by atoms with Crippen molar-refractivity contribution >= 4 is 51.5 Å². The molecule has 0 saturated heterocycles. The SMILES string of the molecule is Cc1sc(NC(=O)C(C)Sc2ccc(NC(=O)Nc3ccccc3)cc2)nc1-c1ccccc1. The molecule has 34 heavy (non-hydrogen) atoms. The quantitative estimate of drug-likeness (QED) is 0.248. The molecule has 1 aromatic heterocycles. The number of para-hydroxylation sites is 1. The molecule has 0 fully saturated rings. The summed E-state index contributed by atoms with van der Waals surface area (Å²) < 4.78 is 0. The summed E-state index contributed by atoms with van der Waals surface area (Å²) in [5, 5.41) is 8.80. The molecule has 3 N–H and O–H groups in total. The number of thioether (sulfide) groups is 1. The number of aryl methyl sites for hydroxylation is 1. The van der Waals surface area contributed by atoms with Gasteiger partial charge in [0.1, 0.15) is 0 Å². The maximum Gasteiger partial charge on any atom is 0.323 e. The van der Waals surface area contributed by atoms with E-state index in [1.54, 1.807) is 0 Å². The molecule has 0 aliphatic rings. The van der Waals surface area contributed by atoms with Gasteiger partial charge in [-0.05, 0) is 50.2 Å². The average molecular weight is 489 g/mol. The van der Waals surface area contributed by atoms with Gasteiger partial charge in [-0.25, -0.2) is 9.78 Å². The molecule has 0 aliphatic heterocycles. The largest absolute Gasteiger partial charge is 0.323 e. The van der Waals surface area contributed by atoms with Crippen molar-refractivity contribution in [3.8, 4) is 11.3 Å². The molecular weight excluding hydrogens is 464 g/mol. The normalized spacial score (nSPS) is 11.5. The van der Waals surface area contributed by atoms with Crippen molar-refractivity contribution in [2.24, 2.45) is 0 Å². The number of carbonyl (C=O) groups is 2. The lowest BCUT2D eigenvalue weighted by atomic mass is 10.1. The first-order valence-electron chi connectivity index (χ1n) is 10.7. The molecule has 0 saturated carbocycles. The van der Waals surface area contributed by atoms with E-state index in [0.717, 1.165) is 26.7 Å². The average Bonchev–Trinajstić information content (AvgIpc) is 3.21. The summed E-state index contributed by atoms with van der Waals surface area (Å²) in [6.07, 6.45) is 0. The summed E-state index contributed by atoms with van der Waals surface area (Å²) in [5.74, 6) is -0.109. The number of urea groups is 1. The maximum atomic E-state index is 12.7. The Hall–Kier alpha value is -3.62. The van der Waals surface area contributed by atoms with Gasteiger partial charge in [0.2, 0.25) is 5.91 Å². The van der Waals surface area contributed by atoms with E-state index in [4.69, 9.17) is 0 Å². The van der Waals surface area contributed by atoms with E-state index in [-0.39, 0.29) is 17.2 Å². The third-order valence-electron chi connectivity index (χ3n) is 4.90. The number of amides is 3. The Morgan fingerprint density at radius 1 is 0.824 bits per heavy atom. The first kappa shape index (κ1) is 23.5. The minimum atomic E-state index is -0.315. The first-order chi connectivity index (χ1) is 16.5. The van der Waals surface area contributed by atoms with Gasteiger partial charge in [-0.1, -0.05) is 48.5 Å². The highest BCUT2D eigenvalue weighted by atomic mass is 32.2. The molecule has 3 aromatic carbocycles. The van der Waals surface area contributed by atoms with E-state index < -0.39 is 0 Å². The Balaban J connectivity index is 1.31. The van der Waals surface area contributed by atoms with Crippen molar-refractivity contribution in [3.63, 3.8) is 0 Å². The number of thiazole rings is 1. The van der Waals surface area contributed by atoms with Crippen LogP contribution in [0, 0.1) is 6.92 Å². The number of rotatable bonds is 7. The van der Waals surface area contributed by atoms with Crippen molar-refractivity contribution in [1.82, 2.24) is 4.98 Å². The number of nitrogens with zero attached hydrogens (tertiary/aromatic N) is 1. The topological polar surface area (TPSA) is 83.1 Å². The van der Waals surface area contributed by atoms with Crippen molar-refractivity contribution in [1.29, 1.82) is 0 Å². The van der Waals surface area contributed by atoms with Gasteiger partial charge in [0.15, 0.2) is 5.13 Å². The van der Waals surface area contributed by atoms with Crippen molar-refractivity contribution < 1.29 is 9.59 Å². The maximum absolute atomic E-state index is 12.7. The molecule has 4 aromatic rings. The molecule has 0 bridgehead atoms. The summed E-state index contributed by atoms with van der Waals surface area (Å²) in [6.45, 7) is 3.86. The third-order valence-corrected chi connectivity index (χ3v) is 6.90. The molecule has 1 unspecified atom stereocenters. The molecule has 3 amide bonds. The van der Waals surface area contributed by atoms with Crippen LogP contribution in [-0.2, 0) is 4.79 Å². The Kier molecular flexibility index (Phi) is 7.61. The highest BCUT2D eigenvalue weighted by Crippen LogP contribution is 2.31. The molecular formula is C26H24N4O2S2. The molecule has 172 valence electrons. The molecule has 0 spiro atoms. The number of carbonyl (C=O) groups excluding carboxylic acids is 2. The van der Waals surface area contributed by atoms with E-state index in [0.29, 0.717) is 10.8 Å².